The van der Waals surface area contributed by atoms with Gasteiger partial charge >= 0.3 is 12.0 Å². The number of rotatable bonds is 4. The lowest BCUT2D eigenvalue weighted by molar-refractivity contribution is -0.141. The van der Waals surface area contributed by atoms with Gasteiger partial charge in [-0.1, -0.05) is 30.3 Å². The number of carbonyl (C=O) groups excluding carboxylic acids is 1. The number of likely N-dealkylation sites (tertiary alicyclic amines) is 1. The van der Waals surface area contributed by atoms with E-state index in [1.165, 1.54) is 0 Å². The number of ether oxygens (including phenoxy) is 1. The van der Waals surface area contributed by atoms with Crippen molar-refractivity contribution in [2.45, 2.75) is 25.2 Å². The third-order valence-electron chi connectivity index (χ3n) is 3.16. The first-order valence-electron chi connectivity index (χ1n) is 6.02. The molecule has 0 saturated carbocycles. The van der Waals surface area contributed by atoms with E-state index in [0.29, 0.717) is 6.61 Å². The van der Waals surface area contributed by atoms with Crippen molar-refractivity contribution in [3.63, 3.8) is 0 Å². The summed E-state index contributed by atoms with van der Waals surface area (Å²) in [6, 6.07) is 7.96. The van der Waals surface area contributed by atoms with Gasteiger partial charge in [0.1, 0.15) is 6.04 Å². The second-order valence-corrected chi connectivity index (χ2v) is 4.50. The van der Waals surface area contributed by atoms with Crippen molar-refractivity contribution >= 4 is 12.0 Å². The number of aliphatic carboxylic acids is 1. The fourth-order valence-corrected chi connectivity index (χ4v) is 2.18. The zero-order valence-electron chi connectivity index (χ0n) is 10.4. The highest BCUT2D eigenvalue weighted by atomic mass is 16.5. The fourth-order valence-electron chi connectivity index (χ4n) is 2.18. The van der Waals surface area contributed by atoms with Gasteiger partial charge < -0.3 is 20.5 Å². The van der Waals surface area contributed by atoms with Gasteiger partial charge in [-0.2, -0.15) is 0 Å². The molecule has 0 radical (unpaired) electrons. The van der Waals surface area contributed by atoms with Crippen LogP contribution in [0.25, 0.3) is 0 Å². The number of amides is 2. The molecular formula is C13H16N2O4. The average molecular weight is 264 g/mol. The number of urea groups is 1. The smallest absolute Gasteiger partial charge is 0.326 e. The SMILES string of the molecule is NC(=O)N1CC(OCc2ccccc2)C[C@H]1C(=O)O. The van der Waals surface area contributed by atoms with Crippen LogP contribution >= 0.6 is 0 Å². The van der Waals surface area contributed by atoms with Crippen molar-refractivity contribution in [3.05, 3.63) is 35.9 Å². The van der Waals surface area contributed by atoms with E-state index in [1.54, 1.807) is 0 Å². The molecule has 1 unspecified atom stereocenters. The van der Waals surface area contributed by atoms with Crippen molar-refractivity contribution in [2.24, 2.45) is 5.73 Å². The molecule has 1 fully saturated rings. The second kappa shape index (κ2) is 5.71. The zero-order valence-corrected chi connectivity index (χ0v) is 10.4. The Balaban J connectivity index is 1.93. The molecule has 2 atom stereocenters. The van der Waals surface area contributed by atoms with Crippen LogP contribution in [-0.4, -0.2) is 40.7 Å². The molecule has 1 saturated heterocycles. The molecule has 2 amide bonds. The average Bonchev–Trinajstić information content (AvgIpc) is 2.82. The Hall–Kier alpha value is -2.08. The number of benzene rings is 1. The summed E-state index contributed by atoms with van der Waals surface area (Å²) in [5.74, 6) is -1.05. The van der Waals surface area contributed by atoms with Crippen molar-refractivity contribution in [1.82, 2.24) is 4.90 Å². The Kier molecular flexibility index (Phi) is 4.01. The summed E-state index contributed by atoms with van der Waals surface area (Å²) in [4.78, 5) is 23.3. The van der Waals surface area contributed by atoms with E-state index in [9.17, 15) is 9.59 Å². The van der Waals surface area contributed by atoms with E-state index in [1.807, 2.05) is 30.3 Å². The molecule has 1 heterocycles. The Morgan fingerprint density at radius 3 is 2.58 bits per heavy atom. The van der Waals surface area contributed by atoms with Gasteiger partial charge in [-0.3, -0.25) is 0 Å². The normalized spacial score (nSPS) is 22.4. The van der Waals surface area contributed by atoms with Crippen LogP contribution in [0.15, 0.2) is 30.3 Å². The lowest BCUT2D eigenvalue weighted by Gasteiger charge is -2.17. The monoisotopic (exact) mass is 264 g/mol. The van der Waals surface area contributed by atoms with Crippen molar-refractivity contribution in [2.75, 3.05) is 6.54 Å². The number of primary amides is 1. The predicted molar refractivity (Wildman–Crippen MR) is 67.3 cm³/mol. The van der Waals surface area contributed by atoms with Crippen LogP contribution < -0.4 is 5.73 Å². The van der Waals surface area contributed by atoms with Crippen LogP contribution in [0, 0.1) is 0 Å². The minimum absolute atomic E-state index is 0.221. The number of nitrogens with zero attached hydrogens (tertiary/aromatic N) is 1. The van der Waals surface area contributed by atoms with Gasteiger partial charge in [-0.05, 0) is 5.56 Å². The number of carboxylic acid groups (broad SMARTS) is 1. The first-order valence-corrected chi connectivity index (χ1v) is 6.02. The Labute approximate surface area is 110 Å². The number of nitrogens with two attached hydrogens (primary N) is 1. The fraction of sp³-hybridized carbons (Fsp3) is 0.385. The number of hydrogen-bond acceptors (Lipinski definition) is 3. The minimum Gasteiger partial charge on any atom is -0.480 e. The standard InChI is InChI=1S/C13H16N2O4/c14-13(18)15-7-10(6-11(15)12(16)17)19-8-9-4-2-1-3-5-9/h1-5,10-11H,6-8H2,(H2,14,18)(H,16,17)/t10?,11-/m0/s1. The maximum Gasteiger partial charge on any atom is 0.326 e. The number of hydrogen-bond donors (Lipinski definition) is 2. The number of carbonyl (C=O) groups is 2. The molecule has 0 aliphatic carbocycles. The van der Waals surface area contributed by atoms with Crippen LogP contribution in [0.5, 0.6) is 0 Å². The molecular weight excluding hydrogens is 248 g/mol. The van der Waals surface area contributed by atoms with Gasteiger partial charge in [0.2, 0.25) is 0 Å². The van der Waals surface area contributed by atoms with Crippen LogP contribution in [0.2, 0.25) is 0 Å². The van der Waals surface area contributed by atoms with E-state index in [-0.39, 0.29) is 19.1 Å². The minimum atomic E-state index is -1.05. The van der Waals surface area contributed by atoms with Crippen LogP contribution in [0.4, 0.5) is 4.79 Å². The Bertz CT molecular complexity index is 441. The molecule has 19 heavy (non-hydrogen) atoms. The summed E-state index contributed by atoms with van der Waals surface area (Å²) < 4.78 is 5.64. The third kappa shape index (κ3) is 3.23. The second-order valence-electron chi connectivity index (χ2n) is 4.50. The van der Waals surface area contributed by atoms with Gasteiger partial charge in [0.15, 0.2) is 0 Å². The Morgan fingerprint density at radius 1 is 1.37 bits per heavy atom. The first kappa shape index (κ1) is 13.4. The van der Waals surface area contributed by atoms with E-state index in [4.69, 9.17) is 15.6 Å². The first-order chi connectivity index (χ1) is 9.08. The lowest BCUT2D eigenvalue weighted by Crippen LogP contribution is -2.43. The highest BCUT2D eigenvalue weighted by molar-refractivity contribution is 5.82. The highest BCUT2D eigenvalue weighted by Gasteiger charge is 2.39. The topological polar surface area (TPSA) is 92.9 Å². The quantitative estimate of drug-likeness (QED) is 0.841. The van der Waals surface area contributed by atoms with Crippen molar-refractivity contribution in [1.29, 1.82) is 0 Å². The zero-order chi connectivity index (χ0) is 13.8. The summed E-state index contributed by atoms with van der Waals surface area (Å²) in [5.41, 5.74) is 6.17. The summed E-state index contributed by atoms with van der Waals surface area (Å²) in [5, 5.41) is 9.03. The maximum atomic E-state index is 11.2. The summed E-state index contributed by atoms with van der Waals surface area (Å²) >= 11 is 0. The van der Waals surface area contributed by atoms with Crippen LogP contribution in [0.3, 0.4) is 0 Å². The maximum absolute atomic E-state index is 11.2. The van der Waals surface area contributed by atoms with E-state index in [0.717, 1.165) is 10.5 Å². The summed E-state index contributed by atoms with van der Waals surface area (Å²) in [6.07, 6.45) is -0.0284. The van der Waals surface area contributed by atoms with Gasteiger partial charge in [0.25, 0.3) is 0 Å². The van der Waals surface area contributed by atoms with Crippen molar-refractivity contribution in [3.8, 4) is 0 Å². The largest absolute Gasteiger partial charge is 0.480 e. The summed E-state index contributed by atoms with van der Waals surface area (Å²) in [7, 11) is 0. The lowest BCUT2D eigenvalue weighted by atomic mass is 10.2. The van der Waals surface area contributed by atoms with Gasteiger partial charge in [0, 0.05) is 13.0 Å². The molecule has 6 heteroatoms. The van der Waals surface area contributed by atoms with E-state index >= 15 is 0 Å². The van der Waals surface area contributed by atoms with Crippen LogP contribution in [-0.2, 0) is 16.1 Å². The summed E-state index contributed by atoms with van der Waals surface area (Å²) in [6.45, 7) is 0.615. The molecule has 1 aliphatic rings. The third-order valence-corrected chi connectivity index (χ3v) is 3.16. The molecule has 3 N–H and O–H groups in total. The van der Waals surface area contributed by atoms with Crippen molar-refractivity contribution < 1.29 is 19.4 Å². The molecule has 6 nitrogen and oxygen atoms in total. The van der Waals surface area contributed by atoms with Gasteiger partial charge in [-0.25, -0.2) is 9.59 Å². The molecule has 0 spiro atoms. The van der Waals surface area contributed by atoms with Gasteiger partial charge in [0.05, 0.1) is 12.7 Å². The molecule has 0 bridgehead atoms. The van der Waals surface area contributed by atoms with Gasteiger partial charge in [-0.15, -0.1) is 0 Å². The van der Waals surface area contributed by atoms with Crippen LogP contribution in [0.1, 0.15) is 12.0 Å². The molecule has 102 valence electrons. The number of carboxylic acids is 1. The molecule has 0 aromatic heterocycles. The highest BCUT2D eigenvalue weighted by Crippen LogP contribution is 2.21. The van der Waals surface area contributed by atoms with E-state index in [2.05, 4.69) is 0 Å². The molecule has 1 aliphatic heterocycles. The molecule has 1 aromatic rings. The molecule has 2 rings (SSSR count). The Morgan fingerprint density at radius 2 is 2.05 bits per heavy atom. The predicted octanol–water partition coefficient (Wildman–Crippen LogP) is 0.809. The molecule has 1 aromatic carbocycles. The van der Waals surface area contributed by atoms with E-state index < -0.39 is 18.0 Å².